The Bertz CT molecular complexity index is 1440. The number of fused-ring (bicyclic) bond motifs is 3. The fourth-order valence-electron chi connectivity index (χ4n) is 5.54. The van der Waals surface area contributed by atoms with Crippen molar-refractivity contribution in [3.05, 3.63) is 123 Å². The summed E-state index contributed by atoms with van der Waals surface area (Å²) in [6.45, 7) is 28.0. The van der Waals surface area contributed by atoms with Gasteiger partial charge in [-0.05, 0) is 39.4 Å². The van der Waals surface area contributed by atoms with Crippen LogP contribution in [0.3, 0.4) is 0 Å². The molecule has 4 aromatic rings. The van der Waals surface area contributed by atoms with Crippen LogP contribution in [0.2, 0.25) is 5.02 Å². The van der Waals surface area contributed by atoms with E-state index in [0.717, 1.165) is 11.4 Å². The van der Waals surface area contributed by atoms with Crippen molar-refractivity contribution in [2.75, 3.05) is 0 Å². The van der Waals surface area contributed by atoms with Crippen molar-refractivity contribution in [3.8, 4) is 11.1 Å². The molecule has 0 unspecified atom stereocenters. The summed E-state index contributed by atoms with van der Waals surface area (Å²) in [5, 5.41) is 0.811. The zero-order chi connectivity index (χ0) is 32.4. The molecule has 1 aliphatic rings. The van der Waals surface area contributed by atoms with Crippen LogP contribution in [0.25, 0.3) is 11.1 Å². The molecule has 0 heterocycles. The van der Waals surface area contributed by atoms with Crippen LogP contribution in [-0.2, 0) is 52.3 Å². The smallest absolute Gasteiger partial charge is 0.172 e. The van der Waals surface area contributed by atoms with Crippen molar-refractivity contribution < 1.29 is 49.0 Å². The third-order valence-corrected chi connectivity index (χ3v) is 8.86. The molecule has 0 N–H and O–H groups in total. The molecule has 0 aromatic heterocycles. The van der Waals surface area contributed by atoms with Crippen LogP contribution >= 0.6 is 11.6 Å². The molecule has 242 valence electrons. The first-order chi connectivity index (χ1) is 19.7. The second-order valence-corrected chi connectivity index (χ2v) is 17.0. The third-order valence-electron chi connectivity index (χ3n) is 7.80. The Morgan fingerprint density at radius 2 is 1.18 bits per heavy atom. The Labute approximate surface area is 307 Å². The monoisotopic (exact) mass is 738 g/mol. The van der Waals surface area contributed by atoms with Gasteiger partial charge in [-0.2, -0.15) is 35.9 Å². The summed E-state index contributed by atoms with van der Waals surface area (Å²) >= 11 is 7.12. The van der Waals surface area contributed by atoms with Gasteiger partial charge in [0.15, 0.2) is 0 Å². The van der Waals surface area contributed by atoms with Crippen LogP contribution in [0.1, 0.15) is 122 Å². The van der Waals surface area contributed by atoms with E-state index in [9.17, 15) is 0 Å². The molecule has 0 spiro atoms. The predicted octanol–water partition coefficient (Wildman–Crippen LogP) is 5.70. The molecule has 0 atom stereocenters. The minimum Gasteiger partial charge on any atom is -1.00 e. The molecule has 0 saturated carbocycles. The number of halogens is 3. The van der Waals surface area contributed by atoms with E-state index < -0.39 is 0 Å². The summed E-state index contributed by atoms with van der Waals surface area (Å²) in [6.07, 6.45) is 1.01. The molecule has 0 aliphatic heterocycles. The largest absolute Gasteiger partial charge is 1.00 e. The summed E-state index contributed by atoms with van der Waals surface area (Å²) in [7, 11) is 0. The van der Waals surface area contributed by atoms with Gasteiger partial charge in [0.25, 0.3) is 0 Å². The van der Waals surface area contributed by atoms with Crippen molar-refractivity contribution in [2.45, 2.75) is 111 Å². The summed E-state index contributed by atoms with van der Waals surface area (Å²) in [4.78, 5) is 0. The SMILES string of the molecule is CC(C)(C)c1[c-]c2c(cc1C(C)(C)C)-c1cc(C(C)(C)C)c(C(C)(C)C)cc1C2.Clc1cccc([CH]=[Zr+2])c1.[Cl-].[Cl-].c1cc[cH-]c1. The maximum atomic E-state index is 5.71. The third kappa shape index (κ3) is 11.1. The van der Waals surface area contributed by atoms with Gasteiger partial charge in [-0.3, -0.25) is 0 Å². The maximum absolute atomic E-state index is 5.71. The van der Waals surface area contributed by atoms with Gasteiger partial charge in [0.05, 0.1) is 0 Å². The number of rotatable bonds is 1. The van der Waals surface area contributed by atoms with E-state index in [0.29, 0.717) is 0 Å². The number of hydrogen-bond acceptors (Lipinski definition) is 0. The average Bonchev–Trinajstić information content (AvgIpc) is 3.57. The summed E-state index contributed by atoms with van der Waals surface area (Å²) < 4.78 is 2.11. The Morgan fingerprint density at radius 1 is 0.667 bits per heavy atom. The quantitative estimate of drug-likeness (QED) is 0.194. The molecule has 1 aliphatic carbocycles. The van der Waals surface area contributed by atoms with Crippen LogP contribution in [0.5, 0.6) is 0 Å². The molecule has 0 radical (unpaired) electrons. The first-order valence-electron chi connectivity index (χ1n) is 15.4. The summed E-state index contributed by atoms with van der Waals surface area (Å²) in [5.74, 6) is 0. The minimum atomic E-state index is 0. The molecular formula is C41H51Cl3Zr-2. The van der Waals surface area contributed by atoms with Crippen molar-refractivity contribution in [2.24, 2.45) is 0 Å². The van der Waals surface area contributed by atoms with E-state index in [2.05, 4.69) is 111 Å². The average molecular weight is 741 g/mol. The molecule has 4 heteroatoms. The van der Waals surface area contributed by atoms with Crippen LogP contribution in [0.15, 0.2) is 72.8 Å². The maximum Gasteiger partial charge on any atom is -0.172 e. The number of benzene rings is 3. The fraction of sp³-hybridized carbons (Fsp3) is 0.415. The van der Waals surface area contributed by atoms with E-state index in [-0.39, 0.29) is 46.5 Å². The van der Waals surface area contributed by atoms with Crippen LogP contribution in [-0.4, -0.2) is 3.71 Å². The van der Waals surface area contributed by atoms with Crippen LogP contribution < -0.4 is 24.8 Å². The zero-order valence-corrected chi connectivity index (χ0v) is 34.1. The molecule has 5 rings (SSSR count). The van der Waals surface area contributed by atoms with E-state index in [1.165, 1.54) is 74.3 Å². The van der Waals surface area contributed by atoms with Gasteiger partial charge in [0.2, 0.25) is 0 Å². The zero-order valence-electron chi connectivity index (χ0n) is 29.3. The van der Waals surface area contributed by atoms with E-state index in [1.54, 1.807) is 0 Å². The van der Waals surface area contributed by atoms with Gasteiger partial charge in [-0.15, -0.1) is 16.7 Å². The molecule has 0 fully saturated rings. The minimum absolute atomic E-state index is 0. The van der Waals surface area contributed by atoms with Crippen molar-refractivity contribution in [3.63, 3.8) is 0 Å². The standard InChI is InChI=1S/C29H41.C7H5Cl.C5H5.2ClH.Zr/c1-26(2,3)22-14-18-13-19-15-23(27(4,5)6)25(29(10,11)12)17-21(19)20(18)16-24(22)28(7,8)9;1-6-3-2-4-7(8)5-6;1-2-4-5-3-1;;;/h14,16-17H,13H2,1-12H3;1-5H;1-5H;2*1H;/q-1;;-1;;;+2/p-2. The van der Waals surface area contributed by atoms with Crippen LogP contribution in [0.4, 0.5) is 0 Å². The Morgan fingerprint density at radius 3 is 1.58 bits per heavy atom. The van der Waals surface area contributed by atoms with Gasteiger partial charge in [0, 0.05) is 0 Å². The van der Waals surface area contributed by atoms with E-state index in [1.807, 2.05) is 54.6 Å². The van der Waals surface area contributed by atoms with Gasteiger partial charge in [-0.1, -0.05) is 106 Å². The van der Waals surface area contributed by atoms with Gasteiger partial charge >= 0.3 is 74.4 Å². The second-order valence-electron chi connectivity index (χ2n) is 15.8. The van der Waals surface area contributed by atoms with Crippen LogP contribution in [0, 0.1) is 6.07 Å². The predicted molar refractivity (Wildman–Crippen MR) is 187 cm³/mol. The molecule has 0 nitrogen and oxygen atoms in total. The molecule has 0 amide bonds. The van der Waals surface area contributed by atoms with Crippen molar-refractivity contribution in [1.82, 2.24) is 0 Å². The molecule has 0 saturated heterocycles. The molecular weight excluding hydrogens is 690 g/mol. The molecule has 0 bridgehead atoms. The summed E-state index contributed by atoms with van der Waals surface area (Å²) in [6, 6.07) is 29.2. The second kappa shape index (κ2) is 16.2. The normalized spacial score (nSPS) is 12.2. The van der Waals surface area contributed by atoms with Gasteiger partial charge < -0.3 is 24.8 Å². The van der Waals surface area contributed by atoms with E-state index >= 15 is 0 Å². The van der Waals surface area contributed by atoms with Gasteiger partial charge in [-0.25, -0.2) is 12.1 Å². The Hall–Kier alpha value is -1.37. The summed E-state index contributed by atoms with van der Waals surface area (Å²) in [5.41, 5.74) is 13.2. The van der Waals surface area contributed by atoms with E-state index in [4.69, 9.17) is 11.6 Å². The Balaban J connectivity index is 0.000000520. The Kier molecular flexibility index (Phi) is 15.0. The van der Waals surface area contributed by atoms with Crippen molar-refractivity contribution >= 4 is 15.3 Å². The van der Waals surface area contributed by atoms with Gasteiger partial charge in [0.1, 0.15) is 0 Å². The topological polar surface area (TPSA) is 0 Å². The molecule has 45 heavy (non-hydrogen) atoms. The number of hydrogen-bond donors (Lipinski definition) is 0. The first kappa shape index (κ1) is 41.7. The van der Waals surface area contributed by atoms with Crippen molar-refractivity contribution in [1.29, 1.82) is 0 Å². The molecule has 4 aromatic carbocycles. The fourth-order valence-corrected chi connectivity index (χ4v) is 6.18. The first-order valence-corrected chi connectivity index (χ1v) is 17.2.